The Bertz CT molecular complexity index is 197. The highest BCUT2D eigenvalue weighted by atomic mass is 14.8. The maximum atomic E-state index is 4.24. The summed E-state index contributed by atoms with van der Waals surface area (Å²) in [4.78, 5) is 4.24. The van der Waals surface area contributed by atoms with Gasteiger partial charge in [-0.2, -0.15) is 0 Å². The van der Waals surface area contributed by atoms with Gasteiger partial charge in [-0.25, -0.2) is 0 Å². The molecule has 1 aromatic heterocycles. The van der Waals surface area contributed by atoms with Crippen LogP contribution in [0.1, 0.15) is 32.9 Å². The van der Waals surface area contributed by atoms with Gasteiger partial charge in [-0.15, -0.1) is 0 Å². The Kier molecular flexibility index (Phi) is 9.54. The van der Waals surface area contributed by atoms with E-state index in [1.165, 1.54) is 12.1 Å². The molecule has 0 aromatic carbocycles. The fraction of sp³-hybridized carbons (Fsp3) is 0.583. The van der Waals surface area contributed by atoms with E-state index >= 15 is 0 Å². The van der Waals surface area contributed by atoms with Crippen LogP contribution in [0.25, 0.3) is 0 Å². The molecule has 0 fully saturated rings. The molecule has 1 rings (SSSR count). The first-order chi connectivity index (χ1) is 6.93. The molecule has 0 amide bonds. The summed E-state index contributed by atoms with van der Waals surface area (Å²) in [6.45, 7) is 8.31. The van der Waals surface area contributed by atoms with E-state index in [2.05, 4.69) is 23.3 Å². The zero-order chi connectivity index (χ0) is 10.6. The third kappa shape index (κ3) is 6.61. The molecule has 2 nitrogen and oxygen atoms in total. The van der Waals surface area contributed by atoms with E-state index in [4.69, 9.17) is 0 Å². The average Bonchev–Trinajstić information content (AvgIpc) is 2.29. The van der Waals surface area contributed by atoms with E-state index in [1.807, 2.05) is 32.2 Å². The van der Waals surface area contributed by atoms with Gasteiger partial charge in [-0.05, 0) is 25.1 Å². The van der Waals surface area contributed by atoms with Gasteiger partial charge in [0.2, 0.25) is 0 Å². The average molecular weight is 194 g/mol. The van der Waals surface area contributed by atoms with Crippen LogP contribution in [-0.2, 0) is 6.42 Å². The summed E-state index contributed by atoms with van der Waals surface area (Å²) in [5.74, 6) is 0. The van der Waals surface area contributed by atoms with Crippen molar-refractivity contribution < 1.29 is 0 Å². The summed E-state index contributed by atoms with van der Waals surface area (Å²) in [5, 5.41) is 3.34. The van der Waals surface area contributed by atoms with Gasteiger partial charge in [0.1, 0.15) is 0 Å². The van der Waals surface area contributed by atoms with Crippen molar-refractivity contribution in [2.24, 2.45) is 0 Å². The van der Waals surface area contributed by atoms with Crippen LogP contribution in [-0.4, -0.2) is 18.1 Å². The molecular formula is C12H22N2. The quantitative estimate of drug-likeness (QED) is 0.729. The molecule has 14 heavy (non-hydrogen) atoms. The molecule has 2 heteroatoms. The molecule has 0 radical (unpaired) electrons. The van der Waals surface area contributed by atoms with Crippen molar-refractivity contribution in [2.75, 3.05) is 13.1 Å². The summed E-state index contributed by atoms with van der Waals surface area (Å²) in [7, 11) is 0. The van der Waals surface area contributed by atoms with E-state index < -0.39 is 0 Å². The normalized spacial score (nSPS) is 9.07. The van der Waals surface area contributed by atoms with Crippen LogP contribution in [0.2, 0.25) is 0 Å². The second-order valence-electron chi connectivity index (χ2n) is 2.82. The Morgan fingerprint density at radius 3 is 2.57 bits per heavy atom. The lowest BCUT2D eigenvalue weighted by Gasteiger charge is -2.01. The smallest absolute Gasteiger partial charge is 0.0416 e. The Balaban J connectivity index is 0.000000791. The minimum absolute atomic E-state index is 1.03. The first kappa shape index (κ1) is 13.1. The molecule has 1 aromatic rings. The molecule has 0 aliphatic heterocycles. The van der Waals surface area contributed by atoms with E-state index in [9.17, 15) is 0 Å². The largest absolute Gasteiger partial charge is 0.316 e. The molecule has 0 unspecified atom stereocenters. The lowest BCUT2D eigenvalue weighted by Crippen LogP contribution is -2.18. The van der Waals surface area contributed by atoms with Crippen molar-refractivity contribution in [3.63, 3.8) is 0 Å². The van der Waals surface area contributed by atoms with Crippen molar-refractivity contribution >= 4 is 0 Å². The van der Waals surface area contributed by atoms with Crippen molar-refractivity contribution in [3.05, 3.63) is 30.1 Å². The molecule has 0 saturated carbocycles. The minimum atomic E-state index is 1.03. The number of nitrogens with zero attached hydrogens (tertiary/aromatic N) is 1. The van der Waals surface area contributed by atoms with Crippen LogP contribution in [0, 0.1) is 0 Å². The zero-order valence-corrected chi connectivity index (χ0v) is 9.59. The number of aromatic nitrogens is 1. The molecule has 0 saturated heterocycles. The fourth-order valence-electron chi connectivity index (χ4n) is 1.06. The van der Waals surface area contributed by atoms with Gasteiger partial charge >= 0.3 is 0 Å². The second-order valence-corrected chi connectivity index (χ2v) is 2.82. The lowest BCUT2D eigenvalue weighted by molar-refractivity contribution is 0.666. The number of hydrogen-bond donors (Lipinski definition) is 1. The van der Waals surface area contributed by atoms with Crippen molar-refractivity contribution in [3.8, 4) is 0 Å². The van der Waals surface area contributed by atoms with Crippen molar-refractivity contribution in [1.29, 1.82) is 0 Å². The summed E-state index contributed by atoms with van der Waals surface area (Å²) in [6.07, 6.45) is 4.07. The van der Waals surface area contributed by atoms with Gasteiger partial charge in [0.05, 0.1) is 0 Å². The van der Waals surface area contributed by atoms with Crippen LogP contribution in [0.4, 0.5) is 0 Å². The van der Waals surface area contributed by atoms with Crippen molar-refractivity contribution in [1.82, 2.24) is 10.3 Å². The Morgan fingerprint density at radius 1 is 1.21 bits per heavy atom. The summed E-state index contributed by atoms with van der Waals surface area (Å²) in [6, 6.07) is 6.04. The molecular weight excluding hydrogens is 172 g/mol. The van der Waals surface area contributed by atoms with Gasteiger partial charge < -0.3 is 5.32 Å². The second kappa shape index (κ2) is 10.2. The Morgan fingerprint density at radius 2 is 2.00 bits per heavy atom. The van der Waals surface area contributed by atoms with Crippen molar-refractivity contribution in [2.45, 2.75) is 33.6 Å². The fourth-order valence-corrected chi connectivity index (χ4v) is 1.06. The van der Waals surface area contributed by atoms with Gasteiger partial charge in [-0.1, -0.05) is 26.8 Å². The predicted molar refractivity (Wildman–Crippen MR) is 62.4 cm³/mol. The molecule has 1 heterocycles. The maximum Gasteiger partial charge on any atom is 0.0416 e. The maximum absolute atomic E-state index is 4.24. The van der Waals surface area contributed by atoms with Gasteiger partial charge in [-0.3, -0.25) is 4.98 Å². The highest BCUT2D eigenvalue weighted by Gasteiger charge is 1.90. The Hall–Kier alpha value is -0.890. The highest BCUT2D eigenvalue weighted by Crippen LogP contribution is 1.92. The minimum Gasteiger partial charge on any atom is -0.316 e. The standard InChI is InChI=1S/C10H16N2.C2H6/c1-2-7-11-9-6-10-5-3-4-8-12-10;1-2/h3-5,8,11H,2,6-7,9H2,1H3;1-2H3. The molecule has 0 bridgehead atoms. The third-order valence-corrected chi connectivity index (χ3v) is 1.71. The lowest BCUT2D eigenvalue weighted by atomic mass is 10.3. The first-order valence-electron chi connectivity index (χ1n) is 5.54. The van der Waals surface area contributed by atoms with E-state index in [0.717, 1.165) is 19.5 Å². The third-order valence-electron chi connectivity index (χ3n) is 1.71. The number of pyridine rings is 1. The SMILES string of the molecule is CC.CCCNCCc1ccccn1. The van der Waals surface area contributed by atoms with Crippen LogP contribution < -0.4 is 5.32 Å². The predicted octanol–water partition coefficient (Wildman–Crippen LogP) is 2.65. The van der Waals surface area contributed by atoms with E-state index in [1.54, 1.807) is 0 Å². The summed E-state index contributed by atoms with van der Waals surface area (Å²) in [5.41, 5.74) is 1.17. The summed E-state index contributed by atoms with van der Waals surface area (Å²) < 4.78 is 0. The van der Waals surface area contributed by atoms with Gasteiger partial charge in [0, 0.05) is 24.9 Å². The molecule has 1 N–H and O–H groups in total. The van der Waals surface area contributed by atoms with E-state index in [0.29, 0.717) is 0 Å². The van der Waals surface area contributed by atoms with Crippen LogP contribution >= 0.6 is 0 Å². The molecule has 0 aliphatic carbocycles. The van der Waals surface area contributed by atoms with Crippen LogP contribution in [0.3, 0.4) is 0 Å². The Labute approximate surface area is 87.8 Å². The van der Waals surface area contributed by atoms with Gasteiger partial charge in [0.15, 0.2) is 0 Å². The monoisotopic (exact) mass is 194 g/mol. The molecule has 0 atom stereocenters. The van der Waals surface area contributed by atoms with Crippen LogP contribution in [0.15, 0.2) is 24.4 Å². The van der Waals surface area contributed by atoms with E-state index in [-0.39, 0.29) is 0 Å². The molecule has 0 spiro atoms. The number of hydrogen-bond acceptors (Lipinski definition) is 2. The molecule has 0 aliphatic rings. The van der Waals surface area contributed by atoms with Crippen LogP contribution in [0.5, 0.6) is 0 Å². The first-order valence-corrected chi connectivity index (χ1v) is 5.54. The highest BCUT2D eigenvalue weighted by molar-refractivity contribution is 5.03. The number of nitrogens with one attached hydrogen (secondary N) is 1. The topological polar surface area (TPSA) is 24.9 Å². The zero-order valence-electron chi connectivity index (χ0n) is 9.59. The summed E-state index contributed by atoms with van der Waals surface area (Å²) >= 11 is 0. The molecule has 80 valence electrons. The van der Waals surface area contributed by atoms with Gasteiger partial charge in [0.25, 0.3) is 0 Å². The number of rotatable bonds is 5.